The van der Waals surface area contributed by atoms with E-state index >= 15 is 0 Å². The van der Waals surface area contributed by atoms with Crippen molar-refractivity contribution in [3.8, 4) is 0 Å². The average Bonchev–Trinajstić information content (AvgIpc) is 2.41. The van der Waals surface area contributed by atoms with Crippen molar-refractivity contribution in [2.24, 2.45) is 0 Å². The third-order valence-corrected chi connectivity index (χ3v) is 3.40. The second-order valence-electron chi connectivity index (χ2n) is 7.18. The van der Waals surface area contributed by atoms with E-state index in [4.69, 9.17) is 9.57 Å². The van der Waals surface area contributed by atoms with Crippen LogP contribution in [0.15, 0.2) is 30.3 Å². The van der Waals surface area contributed by atoms with Crippen LogP contribution in [0.25, 0.3) is 0 Å². The number of β-lactam (4-membered cyclic amide) rings is 1. The highest BCUT2D eigenvalue weighted by Crippen LogP contribution is 2.27. The predicted molar refractivity (Wildman–Crippen MR) is 85.3 cm³/mol. The number of hydrogen-bond acceptors (Lipinski definition) is 4. The van der Waals surface area contributed by atoms with Gasteiger partial charge >= 0.3 is 6.09 Å². The summed E-state index contributed by atoms with van der Waals surface area (Å²) in [7, 11) is 0. The molecule has 1 N–H and O–H groups in total. The van der Waals surface area contributed by atoms with Gasteiger partial charge in [0.2, 0.25) is 5.91 Å². The summed E-state index contributed by atoms with van der Waals surface area (Å²) in [6, 6.07) is 8.73. The zero-order valence-electron chi connectivity index (χ0n) is 14.3. The number of carbonyl (C=O) groups excluding carboxylic acids is 2. The van der Waals surface area contributed by atoms with Crippen LogP contribution in [0.1, 0.15) is 40.2 Å². The summed E-state index contributed by atoms with van der Waals surface area (Å²) in [5, 5.41) is 3.81. The Kier molecular flexibility index (Phi) is 4.66. The maximum Gasteiger partial charge on any atom is 0.435 e. The Morgan fingerprint density at radius 2 is 1.87 bits per heavy atom. The first-order chi connectivity index (χ1) is 10.6. The van der Waals surface area contributed by atoms with Gasteiger partial charge in [-0.1, -0.05) is 30.3 Å². The van der Waals surface area contributed by atoms with Gasteiger partial charge in [-0.05, 0) is 40.2 Å². The van der Waals surface area contributed by atoms with E-state index in [2.05, 4.69) is 5.32 Å². The van der Waals surface area contributed by atoms with Gasteiger partial charge in [-0.2, -0.15) is 5.06 Å². The molecule has 0 bridgehead atoms. The zero-order chi connectivity index (χ0) is 17.3. The highest BCUT2D eigenvalue weighted by molar-refractivity contribution is 5.93. The molecule has 1 aliphatic rings. The van der Waals surface area contributed by atoms with Crippen molar-refractivity contribution in [2.75, 3.05) is 0 Å². The van der Waals surface area contributed by atoms with Crippen molar-refractivity contribution in [2.45, 2.75) is 58.4 Å². The fraction of sp³-hybridized carbons (Fsp3) is 0.529. The number of amides is 2. The van der Waals surface area contributed by atoms with Gasteiger partial charge in [-0.15, -0.1) is 0 Å². The molecule has 1 saturated heterocycles. The predicted octanol–water partition coefficient (Wildman–Crippen LogP) is 2.63. The molecule has 126 valence electrons. The van der Waals surface area contributed by atoms with Crippen LogP contribution < -0.4 is 5.32 Å². The first-order valence-corrected chi connectivity index (χ1v) is 7.61. The van der Waals surface area contributed by atoms with Gasteiger partial charge in [0.15, 0.2) is 6.04 Å². The summed E-state index contributed by atoms with van der Waals surface area (Å²) in [5.74, 6) is -0.256. The zero-order valence-corrected chi connectivity index (χ0v) is 14.3. The molecule has 1 heterocycles. The molecule has 1 atom stereocenters. The molecular formula is C17H24N2O4. The van der Waals surface area contributed by atoms with Gasteiger partial charge in [0.25, 0.3) is 0 Å². The minimum atomic E-state index is -0.721. The minimum absolute atomic E-state index is 0.180. The molecule has 1 fully saturated rings. The smallest absolute Gasteiger partial charge is 0.435 e. The molecule has 6 nitrogen and oxygen atoms in total. The largest absolute Gasteiger partial charge is 0.442 e. The van der Waals surface area contributed by atoms with Gasteiger partial charge in [-0.3, -0.25) is 9.63 Å². The van der Waals surface area contributed by atoms with Crippen LogP contribution in [0.4, 0.5) is 4.79 Å². The molecule has 1 aromatic rings. The Balaban J connectivity index is 2.14. The van der Waals surface area contributed by atoms with Gasteiger partial charge in [0.05, 0.1) is 5.54 Å². The van der Waals surface area contributed by atoms with Crippen molar-refractivity contribution in [1.29, 1.82) is 0 Å². The van der Waals surface area contributed by atoms with Crippen LogP contribution in [0, 0.1) is 0 Å². The third-order valence-electron chi connectivity index (χ3n) is 3.40. The summed E-state index contributed by atoms with van der Waals surface area (Å²) in [4.78, 5) is 30.0. The van der Waals surface area contributed by atoms with Crippen LogP contribution >= 0.6 is 0 Å². The van der Waals surface area contributed by atoms with Crippen molar-refractivity contribution in [3.63, 3.8) is 0 Å². The number of rotatable bonds is 4. The van der Waals surface area contributed by atoms with Crippen molar-refractivity contribution in [3.05, 3.63) is 35.9 Å². The van der Waals surface area contributed by atoms with Gasteiger partial charge < -0.3 is 10.1 Å². The normalized spacial score (nSPS) is 19.5. The standard InChI is InChI=1S/C17H24N2O4/c1-16(2,3)23-15(21)19(13-14(20)18-17(13,4)5)22-11-12-9-7-6-8-10-12/h6-10,13H,11H2,1-5H3,(H,18,20)/t13-/m1/s1. The lowest BCUT2D eigenvalue weighted by molar-refractivity contribution is -0.209. The molecule has 1 aliphatic heterocycles. The Bertz CT molecular complexity index is 578. The Hall–Kier alpha value is -2.08. The SMILES string of the molecule is CC(C)(C)OC(=O)N(OCc1ccccc1)[C@@H]1C(=O)NC1(C)C. The van der Waals surface area contributed by atoms with Crippen molar-refractivity contribution >= 4 is 12.0 Å². The molecule has 2 amide bonds. The van der Waals surface area contributed by atoms with Crippen LogP contribution in [0.2, 0.25) is 0 Å². The molecule has 1 aromatic carbocycles. The van der Waals surface area contributed by atoms with Gasteiger partial charge in [-0.25, -0.2) is 4.79 Å². The molecule has 2 rings (SSSR count). The number of carbonyl (C=O) groups is 2. The summed E-state index contributed by atoms with van der Waals surface area (Å²) in [5.41, 5.74) is -0.334. The Morgan fingerprint density at radius 1 is 1.26 bits per heavy atom. The lowest BCUT2D eigenvalue weighted by Crippen LogP contribution is -2.75. The van der Waals surface area contributed by atoms with E-state index < -0.39 is 23.3 Å². The fourth-order valence-electron chi connectivity index (χ4n) is 2.36. The number of hydroxylamine groups is 2. The Morgan fingerprint density at radius 3 is 2.35 bits per heavy atom. The van der Waals surface area contributed by atoms with Crippen molar-refractivity contribution in [1.82, 2.24) is 10.4 Å². The van der Waals surface area contributed by atoms with E-state index in [1.807, 2.05) is 44.2 Å². The molecule has 6 heteroatoms. The van der Waals surface area contributed by atoms with Gasteiger partial charge in [0, 0.05) is 0 Å². The first kappa shape index (κ1) is 17.3. The highest BCUT2D eigenvalue weighted by Gasteiger charge is 2.53. The number of nitrogens with one attached hydrogen (secondary N) is 1. The van der Waals surface area contributed by atoms with E-state index in [1.54, 1.807) is 20.8 Å². The molecule has 0 unspecified atom stereocenters. The summed E-state index contributed by atoms with van der Waals surface area (Å²) < 4.78 is 5.37. The average molecular weight is 320 g/mol. The van der Waals surface area contributed by atoms with Crippen LogP contribution in [0.5, 0.6) is 0 Å². The lowest BCUT2D eigenvalue weighted by atomic mass is 9.85. The first-order valence-electron chi connectivity index (χ1n) is 7.61. The van der Waals surface area contributed by atoms with E-state index in [0.29, 0.717) is 0 Å². The number of hydrogen-bond donors (Lipinski definition) is 1. The fourth-order valence-corrected chi connectivity index (χ4v) is 2.36. The molecule has 0 aliphatic carbocycles. The van der Waals surface area contributed by atoms with Gasteiger partial charge in [0.1, 0.15) is 12.2 Å². The number of benzene rings is 1. The second-order valence-corrected chi connectivity index (χ2v) is 7.18. The monoisotopic (exact) mass is 320 g/mol. The summed E-state index contributed by atoms with van der Waals surface area (Å²) in [6.45, 7) is 9.16. The minimum Gasteiger partial charge on any atom is -0.442 e. The quantitative estimate of drug-likeness (QED) is 0.684. The summed E-state index contributed by atoms with van der Waals surface area (Å²) >= 11 is 0. The van der Waals surface area contributed by atoms with E-state index in [9.17, 15) is 9.59 Å². The molecule has 0 aromatic heterocycles. The molecule has 0 radical (unpaired) electrons. The van der Waals surface area contributed by atoms with E-state index in [0.717, 1.165) is 10.6 Å². The lowest BCUT2D eigenvalue weighted by Gasteiger charge is -2.48. The Labute approximate surface area is 136 Å². The number of nitrogens with zero attached hydrogens (tertiary/aromatic N) is 1. The van der Waals surface area contributed by atoms with E-state index in [-0.39, 0.29) is 12.5 Å². The van der Waals surface area contributed by atoms with E-state index in [1.165, 1.54) is 0 Å². The molecule has 23 heavy (non-hydrogen) atoms. The molecular weight excluding hydrogens is 296 g/mol. The number of ether oxygens (including phenoxy) is 1. The maximum atomic E-state index is 12.4. The van der Waals surface area contributed by atoms with Crippen molar-refractivity contribution < 1.29 is 19.2 Å². The van der Waals surface area contributed by atoms with Crippen LogP contribution in [-0.4, -0.2) is 34.2 Å². The highest BCUT2D eigenvalue weighted by atomic mass is 16.7. The second kappa shape index (κ2) is 6.20. The van der Waals surface area contributed by atoms with Crippen LogP contribution in [0.3, 0.4) is 0 Å². The summed E-state index contributed by atoms with van der Waals surface area (Å²) in [6.07, 6.45) is -0.665. The molecule has 0 spiro atoms. The maximum absolute atomic E-state index is 12.4. The topological polar surface area (TPSA) is 67.9 Å². The molecule has 0 saturated carbocycles. The third kappa shape index (κ3) is 4.22. The van der Waals surface area contributed by atoms with Crippen LogP contribution in [-0.2, 0) is 21.0 Å².